The molecule has 21 heavy (non-hydrogen) atoms. The molecule has 0 aliphatic heterocycles. The fourth-order valence-corrected chi connectivity index (χ4v) is 3.89. The minimum Gasteiger partial charge on any atom is -0.381 e. The van der Waals surface area contributed by atoms with Gasteiger partial charge in [-0.05, 0) is 77.4 Å². The van der Waals surface area contributed by atoms with Crippen molar-refractivity contribution < 1.29 is 4.39 Å². The highest BCUT2D eigenvalue weighted by molar-refractivity contribution is 9.10. The fraction of sp³-hybridized carbons (Fsp3) is 0.333. The summed E-state index contributed by atoms with van der Waals surface area (Å²) in [7, 11) is 0. The van der Waals surface area contributed by atoms with E-state index in [4.69, 9.17) is 0 Å². The minimum atomic E-state index is -0.0753. The van der Waals surface area contributed by atoms with Crippen LogP contribution in [0.4, 0.5) is 10.1 Å². The van der Waals surface area contributed by atoms with Crippen molar-refractivity contribution in [1.29, 1.82) is 0 Å². The van der Waals surface area contributed by atoms with Crippen LogP contribution in [0.15, 0.2) is 40.9 Å². The Morgan fingerprint density at radius 2 is 1.86 bits per heavy atom. The molecule has 0 unspecified atom stereocenters. The van der Waals surface area contributed by atoms with E-state index in [1.54, 1.807) is 12.1 Å². The highest BCUT2D eigenvalue weighted by Gasteiger charge is 2.32. The van der Waals surface area contributed by atoms with Gasteiger partial charge in [-0.15, -0.1) is 0 Å². The van der Waals surface area contributed by atoms with Crippen molar-refractivity contribution in [3.8, 4) is 0 Å². The summed E-state index contributed by atoms with van der Waals surface area (Å²) in [4.78, 5) is 0. The van der Waals surface area contributed by atoms with Gasteiger partial charge in [-0.1, -0.05) is 24.3 Å². The van der Waals surface area contributed by atoms with E-state index in [0.29, 0.717) is 12.0 Å². The van der Waals surface area contributed by atoms with Crippen molar-refractivity contribution in [3.05, 3.63) is 63.4 Å². The number of hydrogen-bond donors (Lipinski definition) is 1. The van der Waals surface area contributed by atoms with Crippen molar-refractivity contribution in [2.75, 3.05) is 5.32 Å². The molecule has 0 radical (unpaired) electrons. The third-order valence-electron chi connectivity index (χ3n) is 4.26. The summed E-state index contributed by atoms with van der Waals surface area (Å²) in [6.07, 6.45) is 1.97. The maximum atomic E-state index is 13.8. The van der Waals surface area contributed by atoms with Gasteiger partial charge in [0.05, 0.1) is 5.69 Å². The molecule has 0 heterocycles. The zero-order chi connectivity index (χ0) is 15.0. The number of benzene rings is 2. The molecule has 0 atom stereocenters. The molecular formula is C18H19BrFN. The molecule has 1 fully saturated rings. The smallest absolute Gasteiger partial charge is 0.126 e. The molecule has 0 amide bonds. The zero-order valence-corrected chi connectivity index (χ0v) is 13.9. The molecule has 1 nitrogen and oxygen atoms in total. The second-order valence-corrected chi connectivity index (χ2v) is 6.82. The van der Waals surface area contributed by atoms with Crippen molar-refractivity contribution >= 4 is 21.6 Å². The van der Waals surface area contributed by atoms with Gasteiger partial charge in [0.1, 0.15) is 5.82 Å². The van der Waals surface area contributed by atoms with Gasteiger partial charge in [0.2, 0.25) is 0 Å². The van der Waals surface area contributed by atoms with Crippen LogP contribution in [0.2, 0.25) is 0 Å². The standard InChI is InChI=1S/C18H19BrFN/c1-11-7-12(2)18(16(19)8-11)21-14-9-13(10-14)15-5-3-4-6-17(15)20/h3-8,13-14,21H,9-10H2,1-2H3. The first-order valence-electron chi connectivity index (χ1n) is 7.32. The van der Waals surface area contributed by atoms with Crippen LogP contribution in [0.5, 0.6) is 0 Å². The highest BCUT2D eigenvalue weighted by Crippen LogP contribution is 2.41. The molecule has 0 bridgehead atoms. The predicted octanol–water partition coefficient (Wildman–Crippen LogP) is 5.56. The summed E-state index contributed by atoms with van der Waals surface area (Å²) in [6.45, 7) is 4.21. The van der Waals surface area contributed by atoms with Crippen LogP contribution in [0, 0.1) is 19.7 Å². The van der Waals surface area contributed by atoms with E-state index in [-0.39, 0.29) is 5.82 Å². The average Bonchev–Trinajstić information content (AvgIpc) is 2.37. The molecule has 2 aromatic carbocycles. The Bertz CT molecular complexity index is 639. The molecule has 1 N–H and O–H groups in total. The minimum absolute atomic E-state index is 0.0753. The van der Waals surface area contributed by atoms with Crippen LogP contribution in [-0.2, 0) is 0 Å². The Hall–Kier alpha value is -1.35. The van der Waals surface area contributed by atoms with Crippen LogP contribution in [-0.4, -0.2) is 6.04 Å². The average molecular weight is 348 g/mol. The third kappa shape index (κ3) is 2.98. The molecule has 0 saturated heterocycles. The first-order chi connectivity index (χ1) is 10.0. The number of halogens is 2. The van der Waals surface area contributed by atoms with Crippen molar-refractivity contribution in [2.24, 2.45) is 0 Å². The fourth-order valence-electron chi connectivity index (χ4n) is 3.10. The summed E-state index contributed by atoms with van der Waals surface area (Å²) in [5.74, 6) is 0.266. The molecule has 3 heteroatoms. The Labute approximate surface area is 133 Å². The summed E-state index contributed by atoms with van der Waals surface area (Å²) in [5, 5.41) is 3.59. The molecular weight excluding hydrogens is 329 g/mol. The number of anilines is 1. The van der Waals surface area contributed by atoms with Crippen LogP contribution in [0.1, 0.15) is 35.4 Å². The third-order valence-corrected chi connectivity index (χ3v) is 4.89. The lowest BCUT2D eigenvalue weighted by molar-refractivity contribution is 0.363. The summed E-state index contributed by atoms with van der Waals surface area (Å²) in [5.41, 5.74) is 4.52. The van der Waals surface area contributed by atoms with Crippen molar-refractivity contribution in [2.45, 2.75) is 38.6 Å². The van der Waals surface area contributed by atoms with Gasteiger partial charge in [0, 0.05) is 10.5 Å². The number of rotatable bonds is 3. The normalized spacial score (nSPS) is 21.0. The van der Waals surface area contributed by atoms with Gasteiger partial charge in [-0.25, -0.2) is 4.39 Å². The van der Waals surface area contributed by atoms with E-state index in [1.807, 2.05) is 12.1 Å². The molecule has 3 rings (SSSR count). The maximum Gasteiger partial charge on any atom is 0.126 e. The van der Waals surface area contributed by atoms with E-state index in [1.165, 1.54) is 11.1 Å². The highest BCUT2D eigenvalue weighted by atomic mass is 79.9. The Balaban J connectivity index is 1.67. The van der Waals surface area contributed by atoms with Gasteiger partial charge in [-0.2, -0.15) is 0 Å². The van der Waals surface area contributed by atoms with Gasteiger partial charge < -0.3 is 5.32 Å². The monoisotopic (exact) mass is 347 g/mol. The topological polar surface area (TPSA) is 12.0 Å². The SMILES string of the molecule is Cc1cc(C)c(NC2CC(c3ccccc3F)C2)c(Br)c1. The van der Waals surface area contributed by atoms with Crippen LogP contribution in [0.25, 0.3) is 0 Å². The number of aryl methyl sites for hydroxylation is 2. The van der Waals surface area contributed by atoms with Gasteiger partial charge in [0.25, 0.3) is 0 Å². The van der Waals surface area contributed by atoms with Gasteiger partial charge in [-0.3, -0.25) is 0 Å². The van der Waals surface area contributed by atoms with E-state index >= 15 is 0 Å². The maximum absolute atomic E-state index is 13.8. The van der Waals surface area contributed by atoms with Crippen LogP contribution >= 0.6 is 15.9 Å². The van der Waals surface area contributed by atoms with Crippen molar-refractivity contribution in [3.63, 3.8) is 0 Å². The first-order valence-corrected chi connectivity index (χ1v) is 8.11. The van der Waals surface area contributed by atoms with E-state index in [2.05, 4.69) is 47.2 Å². The lowest BCUT2D eigenvalue weighted by atomic mass is 9.75. The summed E-state index contributed by atoms with van der Waals surface area (Å²) < 4.78 is 14.9. The zero-order valence-electron chi connectivity index (χ0n) is 12.3. The Morgan fingerprint density at radius 3 is 2.52 bits per heavy atom. The molecule has 1 aliphatic carbocycles. The number of hydrogen-bond acceptors (Lipinski definition) is 1. The van der Waals surface area contributed by atoms with Gasteiger partial charge in [0.15, 0.2) is 0 Å². The van der Waals surface area contributed by atoms with E-state index < -0.39 is 0 Å². The number of nitrogens with one attached hydrogen (secondary N) is 1. The summed E-state index contributed by atoms with van der Waals surface area (Å²) >= 11 is 3.63. The summed E-state index contributed by atoms with van der Waals surface area (Å²) in [6, 6.07) is 11.9. The van der Waals surface area contributed by atoms with Crippen molar-refractivity contribution in [1.82, 2.24) is 0 Å². The lowest BCUT2D eigenvalue weighted by Gasteiger charge is -2.37. The lowest BCUT2D eigenvalue weighted by Crippen LogP contribution is -2.34. The first kappa shape index (κ1) is 14.6. The Morgan fingerprint density at radius 1 is 1.14 bits per heavy atom. The molecule has 1 aliphatic rings. The van der Waals surface area contributed by atoms with Crippen LogP contribution in [0.3, 0.4) is 0 Å². The second kappa shape index (κ2) is 5.80. The second-order valence-electron chi connectivity index (χ2n) is 5.97. The Kier molecular flexibility index (Phi) is 4.03. The van der Waals surface area contributed by atoms with Gasteiger partial charge >= 0.3 is 0 Å². The molecule has 110 valence electrons. The van der Waals surface area contributed by atoms with E-state index in [9.17, 15) is 4.39 Å². The van der Waals surface area contributed by atoms with E-state index in [0.717, 1.165) is 28.6 Å². The quantitative estimate of drug-likeness (QED) is 0.765. The molecule has 0 spiro atoms. The van der Waals surface area contributed by atoms with Crippen LogP contribution < -0.4 is 5.32 Å². The molecule has 2 aromatic rings. The predicted molar refractivity (Wildman–Crippen MR) is 89.4 cm³/mol. The molecule has 0 aromatic heterocycles. The largest absolute Gasteiger partial charge is 0.381 e. The molecule has 1 saturated carbocycles.